The van der Waals surface area contributed by atoms with Gasteiger partial charge in [-0.1, -0.05) is 158 Å². The van der Waals surface area contributed by atoms with E-state index in [1.807, 2.05) is 18.5 Å². The predicted molar refractivity (Wildman–Crippen MR) is 233 cm³/mol. The van der Waals surface area contributed by atoms with E-state index in [1.165, 1.54) is 66.1 Å². The van der Waals surface area contributed by atoms with Gasteiger partial charge in [0.05, 0.1) is 16.8 Å². The minimum Gasteiger partial charge on any atom is -0.264 e. The van der Waals surface area contributed by atoms with E-state index in [0.29, 0.717) is 5.82 Å². The Kier molecular flexibility index (Phi) is 6.84. The summed E-state index contributed by atoms with van der Waals surface area (Å²) < 4.78 is 0. The third kappa shape index (κ3) is 4.63. The average molecular weight is 724 g/mol. The fourth-order valence-corrected chi connectivity index (χ4v) is 9.75. The van der Waals surface area contributed by atoms with Gasteiger partial charge in [0.25, 0.3) is 0 Å². The molecule has 3 heteroatoms. The van der Waals surface area contributed by atoms with Crippen LogP contribution in [0.3, 0.4) is 0 Å². The third-order valence-corrected chi connectivity index (χ3v) is 12.2. The van der Waals surface area contributed by atoms with Crippen molar-refractivity contribution < 1.29 is 0 Å². The quantitative estimate of drug-likeness (QED) is 0.170. The Balaban J connectivity index is 1.13. The summed E-state index contributed by atoms with van der Waals surface area (Å²) in [6.07, 6.45) is 3.72. The van der Waals surface area contributed by atoms with E-state index in [-0.39, 0.29) is 0 Å². The molecule has 0 N–H and O–H groups in total. The molecule has 2 heterocycles. The molecule has 2 aromatic heterocycles. The van der Waals surface area contributed by atoms with Crippen LogP contribution in [0.1, 0.15) is 22.3 Å². The highest BCUT2D eigenvalue weighted by atomic mass is 14.9. The first kappa shape index (κ1) is 31.8. The van der Waals surface area contributed by atoms with Gasteiger partial charge in [-0.05, 0) is 102 Å². The minimum absolute atomic E-state index is 0.456. The van der Waals surface area contributed by atoms with Crippen molar-refractivity contribution in [3.05, 3.63) is 223 Å². The van der Waals surface area contributed by atoms with Gasteiger partial charge >= 0.3 is 0 Å². The van der Waals surface area contributed by atoms with Gasteiger partial charge in [0.2, 0.25) is 0 Å². The molecule has 3 nitrogen and oxygen atoms in total. The van der Waals surface area contributed by atoms with Crippen molar-refractivity contribution in [1.82, 2.24) is 15.0 Å². The molecular weight excluding hydrogens is 691 g/mol. The van der Waals surface area contributed by atoms with E-state index in [4.69, 9.17) is 9.97 Å². The van der Waals surface area contributed by atoms with E-state index in [2.05, 4.69) is 187 Å². The van der Waals surface area contributed by atoms with Gasteiger partial charge in [-0.15, -0.1) is 0 Å². The fraction of sp³-hybridized carbons (Fsp3) is 0.0185. The lowest BCUT2D eigenvalue weighted by molar-refractivity contribution is 0.794. The first-order chi connectivity index (χ1) is 28.3. The average Bonchev–Trinajstić information content (AvgIpc) is 3.76. The molecule has 0 unspecified atom stereocenters. The lowest BCUT2D eigenvalue weighted by Crippen LogP contribution is -2.25. The maximum atomic E-state index is 5.49. The van der Waals surface area contributed by atoms with Crippen LogP contribution in [-0.4, -0.2) is 15.0 Å². The molecule has 12 rings (SSSR count). The van der Waals surface area contributed by atoms with E-state index < -0.39 is 5.41 Å². The summed E-state index contributed by atoms with van der Waals surface area (Å²) in [5, 5.41) is 4.79. The van der Waals surface area contributed by atoms with Crippen LogP contribution < -0.4 is 0 Å². The topological polar surface area (TPSA) is 38.7 Å². The smallest absolute Gasteiger partial charge is 0.160 e. The number of hydrogen-bond donors (Lipinski definition) is 0. The number of aromatic nitrogens is 3. The van der Waals surface area contributed by atoms with Gasteiger partial charge in [0, 0.05) is 34.6 Å². The standard InChI is InChI=1S/C54H33N3/c1-2-17-39-35(13-1)30-46(41-19-4-3-18-40(39)41)52-32-51(36-15-11-14-34(29-36)38-16-12-28-55-33-38)56-53(57-52)37-26-27-45-44-22-7-10-25-49(44)54(50(45)31-37)47-23-8-5-20-42(47)43-21-6-9-24-48(43)54/h1-33H. The zero-order chi connectivity index (χ0) is 37.5. The van der Waals surface area contributed by atoms with E-state index in [1.54, 1.807) is 0 Å². The Morgan fingerprint density at radius 2 is 0.930 bits per heavy atom. The Bertz CT molecular complexity index is 3190. The maximum absolute atomic E-state index is 5.49. The molecule has 0 atom stereocenters. The van der Waals surface area contributed by atoms with Gasteiger partial charge in [0.1, 0.15) is 0 Å². The summed E-state index contributed by atoms with van der Waals surface area (Å²) in [7, 11) is 0. The van der Waals surface area contributed by atoms with Crippen molar-refractivity contribution in [3.63, 3.8) is 0 Å². The molecular formula is C54H33N3. The van der Waals surface area contributed by atoms with Gasteiger partial charge in [-0.25, -0.2) is 9.97 Å². The fourth-order valence-electron chi connectivity index (χ4n) is 9.75. The van der Waals surface area contributed by atoms with Crippen molar-refractivity contribution >= 4 is 21.5 Å². The molecule has 0 saturated heterocycles. The lowest BCUT2D eigenvalue weighted by Gasteiger charge is -2.30. The van der Waals surface area contributed by atoms with Crippen LogP contribution in [0, 0.1) is 0 Å². The molecule has 0 radical (unpaired) electrons. The zero-order valence-corrected chi connectivity index (χ0v) is 30.9. The second kappa shape index (κ2) is 12.3. The van der Waals surface area contributed by atoms with Crippen LogP contribution in [0.25, 0.3) is 88.8 Å². The van der Waals surface area contributed by atoms with E-state index in [9.17, 15) is 0 Å². The Labute approximate surface area is 330 Å². The second-order valence-corrected chi connectivity index (χ2v) is 15.1. The van der Waals surface area contributed by atoms with Crippen molar-refractivity contribution in [3.8, 4) is 67.3 Å². The summed E-state index contributed by atoms with van der Waals surface area (Å²) in [6, 6.07) is 68.2. The summed E-state index contributed by atoms with van der Waals surface area (Å²) in [5.74, 6) is 0.694. The van der Waals surface area contributed by atoms with Crippen LogP contribution in [-0.2, 0) is 5.41 Å². The van der Waals surface area contributed by atoms with Gasteiger partial charge < -0.3 is 0 Å². The number of nitrogens with zero attached hydrogens (tertiary/aromatic N) is 3. The first-order valence-corrected chi connectivity index (χ1v) is 19.5. The molecule has 0 amide bonds. The molecule has 0 aliphatic heterocycles. The van der Waals surface area contributed by atoms with E-state index in [0.717, 1.165) is 39.2 Å². The first-order valence-electron chi connectivity index (χ1n) is 19.5. The van der Waals surface area contributed by atoms with Crippen LogP contribution >= 0.6 is 0 Å². The monoisotopic (exact) mass is 723 g/mol. The maximum Gasteiger partial charge on any atom is 0.160 e. The molecule has 57 heavy (non-hydrogen) atoms. The van der Waals surface area contributed by atoms with Crippen molar-refractivity contribution in [2.24, 2.45) is 0 Å². The largest absolute Gasteiger partial charge is 0.264 e. The number of fused-ring (bicyclic) bond motifs is 13. The summed E-state index contributed by atoms with van der Waals surface area (Å²) in [5.41, 5.74) is 16.9. The van der Waals surface area contributed by atoms with Crippen molar-refractivity contribution in [2.45, 2.75) is 5.41 Å². The highest BCUT2D eigenvalue weighted by Crippen LogP contribution is 2.63. The van der Waals surface area contributed by atoms with Crippen LogP contribution in [0.2, 0.25) is 0 Å². The predicted octanol–water partition coefficient (Wildman–Crippen LogP) is 13.2. The SMILES string of the molecule is c1cncc(-c2cccc(-c3cc(-c4cc5ccccc5c5ccccc45)nc(-c4ccc5c(c4)C4(c6ccccc6-c6ccccc64)c4ccccc4-5)n3)c2)c1. The molecule has 2 aliphatic rings. The minimum atomic E-state index is -0.456. The third-order valence-electron chi connectivity index (χ3n) is 12.2. The number of pyridine rings is 1. The molecule has 264 valence electrons. The molecule has 10 aromatic rings. The van der Waals surface area contributed by atoms with Crippen LogP contribution in [0.5, 0.6) is 0 Å². The Morgan fingerprint density at radius 3 is 1.65 bits per heavy atom. The molecule has 0 bridgehead atoms. The Hall–Kier alpha value is -7.49. The molecule has 1 spiro atoms. The molecule has 0 saturated carbocycles. The molecule has 8 aromatic carbocycles. The summed E-state index contributed by atoms with van der Waals surface area (Å²) in [6.45, 7) is 0. The number of benzene rings is 8. The highest BCUT2D eigenvalue weighted by molar-refractivity contribution is 6.13. The van der Waals surface area contributed by atoms with Gasteiger partial charge in [-0.3, -0.25) is 4.98 Å². The second-order valence-electron chi connectivity index (χ2n) is 15.1. The van der Waals surface area contributed by atoms with Gasteiger partial charge in [0.15, 0.2) is 5.82 Å². The Morgan fingerprint density at radius 1 is 0.333 bits per heavy atom. The number of rotatable bonds is 4. The normalized spacial score (nSPS) is 13.1. The molecule has 2 aliphatic carbocycles. The highest BCUT2D eigenvalue weighted by Gasteiger charge is 2.51. The van der Waals surface area contributed by atoms with Crippen molar-refractivity contribution in [2.75, 3.05) is 0 Å². The molecule has 0 fully saturated rings. The zero-order valence-electron chi connectivity index (χ0n) is 30.9. The summed E-state index contributed by atoms with van der Waals surface area (Å²) in [4.78, 5) is 15.3. The lowest BCUT2D eigenvalue weighted by atomic mass is 9.70. The van der Waals surface area contributed by atoms with E-state index >= 15 is 0 Å². The van der Waals surface area contributed by atoms with Crippen LogP contribution in [0.4, 0.5) is 0 Å². The summed E-state index contributed by atoms with van der Waals surface area (Å²) >= 11 is 0. The van der Waals surface area contributed by atoms with Crippen molar-refractivity contribution in [1.29, 1.82) is 0 Å². The number of hydrogen-bond acceptors (Lipinski definition) is 3. The van der Waals surface area contributed by atoms with Gasteiger partial charge in [-0.2, -0.15) is 0 Å². The van der Waals surface area contributed by atoms with Crippen LogP contribution in [0.15, 0.2) is 200 Å².